The van der Waals surface area contributed by atoms with E-state index in [1.807, 2.05) is 18.8 Å². The summed E-state index contributed by atoms with van der Waals surface area (Å²) in [7, 11) is 3.25. The highest BCUT2D eigenvalue weighted by atomic mass is 32.2. The highest BCUT2D eigenvalue weighted by Gasteiger charge is 2.19. The number of ether oxygens (including phenoxy) is 1. The minimum atomic E-state index is -0.149. The molecule has 0 spiro atoms. The lowest BCUT2D eigenvalue weighted by molar-refractivity contribution is -0.143. The highest BCUT2D eigenvalue weighted by molar-refractivity contribution is 7.99. The summed E-state index contributed by atoms with van der Waals surface area (Å²) in [6, 6.07) is -0.135. The van der Waals surface area contributed by atoms with Crippen LogP contribution in [0.3, 0.4) is 0 Å². The van der Waals surface area contributed by atoms with Gasteiger partial charge in [0.2, 0.25) is 0 Å². The summed E-state index contributed by atoms with van der Waals surface area (Å²) in [6.07, 6.45) is 6.33. The van der Waals surface area contributed by atoms with E-state index in [1.54, 1.807) is 0 Å². The van der Waals surface area contributed by atoms with Crippen LogP contribution in [0.4, 0.5) is 0 Å². The lowest BCUT2D eigenvalue weighted by Crippen LogP contribution is -2.35. The van der Waals surface area contributed by atoms with Crippen molar-refractivity contribution >= 4 is 17.7 Å². The Hall–Kier alpha value is -0.220. The van der Waals surface area contributed by atoms with E-state index < -0.39 is 0 Å². The van der Waals surface area contributed by atoms with Gasteiger partial charge in [-0.1, -0.05) is 12.8 Å². The molecule has 3 nitrogen and oxygen atoms in total. The van der Waals surface area contributed by atoms with E-state index in [0.29, 0.717) is 0 Å². The number of nitrogens with one attached hydrogen (secondary N) is 1. The van der Waals surface area contributed by atoms with Crippen LogP contribution in [0.2, 0.25) is 0 Å². The van der Waals surface area contributed by atoms with Crippen LogP contribution in [0.5, 0.6) is 0 Å². The first-order chi connectivity index (χ1) is 7.27. The molecule has 1 aliphatic carbocycles. The maximum absolute atomic E-state index is 11.3. The molecule has 1 aliphatic rings. The van der Waals surface area contributed by atoms with Crippen LogP contribution in [0, 0.1) is 0 Å². The molecule has 1 N–H and O–H groups in total. The highest BCUT2D eigenvalue weighted by Crippen LogP contribution is 2.29. The molecule has 4 heteroatoms. The third-order valence-corrected chi connectivity index (χ3v) is 4.31. The standard InChI is InChI=1S/C11H21NO2S/c1-12-10(11(13)14-2)7-8-15-9-5-3-4-6-9/h9-10,12H,3-8H2,1-2H3. The van der Waals surface area contributed by atoms with Gasteiger partial charge < -0.3 is 10.1 Å². The largest absolute Gasteiger partial charge is 0.468 e. The van der Waals surface area contributed by atoms with Gasteiger partial charge in [0.1, 0.15) is 6.04 Å². The molecule has 0 amide bonds. The summed E-state index contributed by atoms with van der Waals surface area (Å²) >= 11 is 2.01. The maximum atomic E-state index is 11.3. The number of esters is 1. The molecule has 0 heterocycles. The van der Waals surface area contributed by atoms with Crippen LogP contribution in [0.25, 0.3) is 0 Å². The number of likely N-dealkylation sites (N-methyl/N-ethyl adjacent to an activating group) is 1. The lowest BCUT2D eigenvalue weighted by Gasteiger charge is -2.14. The Labute approximate surface area is 96.3 Å². The molecule has 1 unspecified atom stereocenters. The van der Waals surface area contributed by atoms with E-state index in [-0.39, 0.29) is 12.0 Å². The van der Waals surface area contributed by atoms with Crippen molar-refractivity contribution in [2.24, 2.45) is 0 Å². The number of hydrogen-bond donors (Lipinski definition) is 1. The van der Waals surface area contributed by atoms with Crippen molar-refractivity contribution in [2.45, 2.75) is 43.4 Å². The van der Waals surface area contributed by atoms with Crippen LogP contribution in [0.1, 0.15) is 32.1 Å². The number of methoxy groups -OCH3 is 1. The van der Waals surface area contributed by atoms with E-state index in [2.05, 4.69) is 5.32 Å². The first kappa shape index (κ1) is 12.8. The predicted molar refractivity (Wildman–Crippen MR) is 64.2 cm³/mol. The molecule has 0 aromatic heterocycles. The molecule has 0 bridgehead atoms. The Balaban J connectivity index is 2.13. The van der Waals surface area contributed by atoms with Crippen molar-refractivity contribution in [3.63, 3.8) is 0 Å². The molecule has 0 aromatic carbocycles. The van der Waals surface area contributed by atoms with Gasteiger partial charge in [-0.2, -0.15) is 11.8 Å². The summed E-state index contributed by atoms with van der Waals surface area (Å²) in [5.41, 5.74) is 0. The van der Waals surface area contributed by atoms with Crippen molar-refractivity contribution < 1.29 is 9.53 Å². The van der Waals surface area contributed by atoms with E-state index in [4.69, 9.17) is 4.74 Å². The summed E-state index contributed by atoms with van der Waals surface area (Å²) in [5.74, 6) is 0.898. The van der Waals surface area contributed by atoms with E-state index in [0.717, 1.165) is 17.4 Å². The number of carbonyl (C=O) groups excluding carboxylic acids is 1. The molecule has 0 saturated heterocycles. The van der Waals surface area contributed by atoms with Gasteiger partial charge in [-0.25, -0.2) is 0 Å². The summed E-state index contributed by atoms with van der Waals surface area (Å²) in [4.78, 5) is 11.3. The Morgan fingerprint density at radius 2 is 2.20 bits per heavy atom. The second-order valence-electron chi connectivity index (χ2n) is 3.93. The molecular weight excluding hydrogens is 210 g/mol. The Morgan fingerprint density at radius 3 is 2.73 bits per heavy atom. The van der Waals surface area contributed by atoms with Crippen LogP contribution >= 0.6 is 11.8 Å². The van der Waals surface area contributed by atoms with Gasteiger partial charge in [-0.3, -0.25) is 4.79 Å². The van der Waals surface area contributed by atoms with Crippen molar-refractivity contribution in [2.75, 3.05) is 19.9 Å². The van der Waals surface area contributed by atoms with Gasteiger partial charge in [0.25, 0.3) is 0 Å². The topological polar surface area (TPSA) is 38.3 Å². The van der Waals surface area contributed by atoms with Gasteiger partial charge in [0, 0.05) is 5.25 Å². The normalized spacial score (nSPS) is 19.1. The second kappa shape index (κ2) is 7.12. The second-order valence-corrected chi connectivity index (χ2v) is 5.34. The fourth-order valence-corrected chi connectivity index (χ4v) is 3.30. The summed E-state index contributed by atoms with van der Waals surface area (Å²) < 4.78 is 4.72. The SMILES string of the molecule is CNC(CCSC1CCCC1)C(=O)OC. The van der Waals surface area contributed by atoms with Crippen LogP contribution < -0.4 is 5.32 Å². The van der Waals surface area contributed by atoms with Crippen LogP contribution in [-0.4, -0.2) is 37.2 Å². The van der Waals surface area contributed by atoms with Crippen molar-refractivity contribution in [3.8, 4) is 0 Å². The van der Waals surface area contributed by atoms with Crippen LogP contribution in [-0.2, 0) is 9.53 Å². The smallest absolute Gasteiger partial charge is 0.322 e. The predicted octanol–water partition coefficient (Wildman–Crippen LogP) is 1.81. The molecule has 1 atom stereocenters. The Bertz CT molecular complexity index is 193. The zero-order valence-electron chi connectivity index (χ0n) is 9.62. The minimum absolute atomic E-state index is 0.135. The number of hydrogen-bond acceptors (Lipinski definition) is 4. The summed E-state index contributed by atoms with van der Waals surface area (Å²) in [6.45, 7) is 0. The number of thioether (sulfide) groups is 1. The van der Waals surface area contributed by atoms with E-state index >= 15 is 0 Å². The molecule has 1 fully saturated rings. The third kappa shape index (κ3) is 4.43. The Kier molecular flexibility index (Phi) is 6.10. The summed E-state index contributed by atoms with van der Waals surface area (Å²) in [5, 5.41) is 3.82. The van der Waals surface area contributed by atoms with Gasteiger partial charge in [0.05, 0.1) is 7.11 Å². The maximum Gasteiger partial charge on any atom is 0.322 e. The van der Waals surface area contributed by atoms with E-state index in [9.17, 15) is 4.79 Å². The monoisotopic (exact) mass is 231 g/mol. The molecule has 1 saturated carbocycles. The van der Waals surface area contributed by atoms with E-state index in [1.165, 1.54) is 32.8 Å². The third-order valence-electron chi connectivity index (χ3n) is 2.90. The Morgan fingerprint density at radius 1 is 1.53 bits per heavy atom. The number of carbonyl (C=O) groups is 1. The quantitative estimate of drug-likeness (QED) is 0.708. The van der Waals surface area contributed by atoms with Crippen molar-refractivity contribution in [1.29, 1.82) is 0 Å². The fourth-order valence-electron chi connectivity index (χ4n) is 1.93. The van der Waals surface area contributed by atoms with Gasteiger partial charge in [-0.15, -0.1) is 0 Å². The molecule has 88 valence electrons. The first-order valence-electron chi connectivity index (χ1n) is 5.64. The van der Waals surface area contributed by atoms with Crippen LogP contribution in [0.15, 0.2) is 0 Å². The molecule has 15 heavy (non-hydrogen) atoms. The molecule has 1 rings (SSSR count). The average molecular weight is 231 g/mol. The van der Waals surface area contributed by atoms with Gasteiger partial charge in [-0.05, 0) is 32.1 Å². The zero-order chi connectivity index (χ0) is 11.1. The lowest BCUT2D eigenvalue weighted by atomic mass is 10.2. The minimum Gasteiger partial charge on any atom is -0.468 e. The van der Waals surface area contributed by atoms with Gasteiger partial charge in [0.15, 0.2) is 0 Å². The molecular formula is C11H21NO2S. The van der Waals surface area contributed by atoms with Gasteiger partial charge >= 0.3 is 5.97 Å². The molecule has 0 radical (unpaired) electrons. The molecule has 0 aromatic rings. The van der Waals surface area contributed by atoms with Crippen molar-refractivity contribution in [3.05, 3.63) is 0 Å². The average Bonchev–Trinajstić information content (AvgIpc) is 2.76. The molecule has 0 aliphatic heterocycles. The number of rotatable bonds is 6. The fraction of sp³-hybridized carbons (Fsp3) is 0.909. The zero-order valence-corrected chi connectivity index (χ0v) is 10.4. The first-order valence-corrected chi connectivity index (χ1v) is 6.69. The van der Waals surface area contributed by atoms with Crippen molar-refractivity contribution in [1.82, 2.24) is 5.32 Å².